The zero-order valence-corrected chi connectivity index (χ0v) is 6.14. The Hall–Kier alpha value is -0.100. The number of carbonyl (C=O) groups is 1. The molecule has 48 valence electrons. The second-order valence-electron chi connectivity index (χ2n) is 1.62. The number of hydrogen-bond acceptors (Lipinski definition) is 1. The van der Waals surface area contributed by atoms with Gasteiger partial charge in [0.05, 0.1) is 5.66 Å². The van der Waals surface area contributed by atoms with E-state index in [9.17, 15) is 4.79 Å². The van der Waals surface area contributed by atoms with Crippen molar-refractivity contribution in [2.75, 3.05) is 6.16 Å². The normalized spacial score (nSPS) is 14.8. The summed E-state index contributed by atoms with van der Waals surface area (Å²) < 4.78 is 0. The number of aliphatic carboxylic acids is 1. The monoisotopic (exact) mass is 134 g/mol. The number of carboxylic acid groups (broad SMARTS) is 1. The minimum Gasteiger partial charge on any atom is -0.481 e. The van der Waals surface area contributed by atoms with Gasteiger partial charge in [0.1, 0.15) is 0 Å². The molecule has 0 bridgehead atoms. The molecule has 0 aliphatic rings. The maximum absolute atomic E-state index is 10.1. The Labute approximate surface area is 51.1 Å². The van der Waals surface area contributed by atoms with Crippen LogP contribution in [0.1, 0.15) is 13.8 Å². The van der Waals surface area contributed by atoms with Crippen molar-refractivity contribution in [2.24, 2.45) is 0 Å². The van der Waals surface area contributed by atoms with Crippen molar-refractivity contribution in [2.45, 2.75) is 19.5 Å². The Morgan fingerprint density at radius 3 is 2.50 bits per heavy atom. The van der Waals surface area contributed by atoms with E-state index in [0.29, 0.717) is 8.58 Å². The van der Waals surface area contributed by atoms with Crippen LogP contribution >= 0.6 is 8.58 Å². The third-order valence-electron chi connectivity index (χ3n) is 0.881. The SMILES string of the molecule is CCPC(C)C(=O)O. The van der Waals surface area contributed by atoms with Gasteiger partial charge in [0.25, 0.3) is 0 Å². The molecular weight excluding hydrogens is 123 g/mol. The lowest BCUT2D eigenvalue weighted by atomic mass is 10.5. The van der Waals surface area contributed by atoms with Gasteiger partial charge in [-0.1, -0.05) is 6.92 Å². The predicted molar refractivity (Wildman–Crippen MR) is 36.0 cm³/mol. The van der Waals surface area contributed by atoms with Gasteiger partial charge in [-0.25, -0.2) is 0 Å². The van der Waals surface area contributed by atoms with E-state index >= 15 is 0 Å². The minimum absolute atomic E-state index is 0.139. The first-order valence-corrected chi connectivity index (χ1v) is 3.93. The van der Waals surface area contributed by atoms with E-state index in [1.807, 2.05) is 6.92 Å². The zero-order valence-electron chi connectivity index (χ0n) is 5.14. The molecule has 0 aromatic carbocycles. The summed E-state index contributed by atoms with van der Waals surface area (Å²) in [4.78, 5) is 10.1. The number of carboxylic acids is 1. The van der Waals surface area contributed by atoms with E-state index in [2.05, 4.69) is 0 Å². The first kappa shape index (κ1) is 7.90. The molecule has 0 saturated carbocycles. The molecule has 0 aliphatic carbocycles. The van der Waals surface area contributed by atoms with Crippen molar-refractivity contribution >= 4 is 14.6 Å². The van der Waals surface area contributed by atoms with Crippen LogP contribution in [0.4, 0.5) is 0 Å². The molecule has 0 heterocycles. The van der Waals surface area contributed by atoms with Crippen LogP contribution in [0.25, 0.3) is 0 Å². The van der Waals surface area contributed by atoms with Gasteiger partial charge in [0, 0.05) is 0 Å². The molecule has 2 atom stereocenters. The summed E-state index contributed by atoms with van der Waals surface area (Å²) in [7, 11) is 0.569. The van der Waals surface area contributed by atoms with E-state index in [1.54, 1.807) is 6.92 Å². The molecule has 0 radical (unpaired) electrons. The van der Waals surface area contributed by atoms with E-state index < -0.39 is 5.97 Å². The summed E-state index contributed by atoms with van der Waals surface area (Å²) in [6, 6.07) is 0. The van der Waals surface area contributed by atoms with Crippen molar-refractivity contribution in [3.8, 4) is 0 Å². The van der Waals surface area contributed by atoms with Crippen molar-refractivity contribution < 1.29 is 9.90 Å². The Kier molecular flexibility index (Phi) is 3.80. The van der Waals surface area contributed by atoms with Crippen LogP contribution in [0.5, 0.6) is 0 Å². The molecule has 2 unspecified atom stereocenters. The van der Waals surface area contributed by atoms with Crippen LogP contribution in [0.2, 0.25) is 0 Å². The summed E-state index contributed by atoms with van der Waals surface area (Å²) >= 11 is 0. The Morgan fingerprint density at radius 1 is 1.88 bits per heavy atom. The van der Waals surface area contributed by atoms with Crippen molar-refractivity contribution in [3.63, 3.8) is 0 Å². The minimum atomic E-state index is -0.676. The van der Waals surface area contributed by atoms with E-state index in [4.69, 9.17) is 5.11 Å². The van der Waals surface area contributed by atoms with Gasteiger partial charge in [-0.2, -0.15) is 0 Å². The summed E-state index contributed by atoms with van der Waals surface area (Å²) in [5.41, 5.74) is -0.139. The van der Waals surface area contributed by atoms with Gasteiger partial charge in [-0.05, 0) is 13.1 Å². The molecule has 1 N–H and O–H groups in total. The van der Waals surface area contributed by atoms with Crippen LogP contribution in [0.15, 0.2) is 0 Å². The summed E-state index contributed by atoms with van der Waals surface area (Å²) in [5.74, 6) is -0.676. The fourth-order valence-corrected chi connectivity index (χ4v) is 1.18. The largest absolute Gasteiger partial charge is 0.481 e. The quantitative estimate of drug-likeness (QED) is 0.588. The third-order valence-corrected chi connectivity index (χ3v) is 2.15. The lowest BCUT2D eigenvalue weighted by Crippen LogP contribution is -2.09. The maximum Gasteiger partial charge on any atom is 0.310 e. The topological polar surface area (TPSA) is 37.3 Å². The molecule has 0 saturated heterocycles. The summed E-state index contributed by atoms with van der Waals surface area (Å²) in [5, 5.41) is 8.32. The number of rotatable bonds is 3. The molecule has 0 aliphatic heterocycles. The molecule has 2 nitrogen and oxygen atoms in total. The van der Waals surface area contributed by atoms with E-state index in [-0.39, 0.29) is 5.66 Å². The van der Waals surface area contributed by atoms with Crippen molar-refractivity contribution in [1.29, 1.82) is 0 Å². The average Bonchev–Trinajstić information content (AvgIpc) is 1.67. The standard InChI is InChI=1S/C5H11O2P/c1-3-8-4(2)5(6)7/h4,8H,3H2,1-2H3,(H,6,7). The molecule has 0 spiro atoms. The lowest BCUT2D eigenvalue weighted by Gasteiger charge is -2.00. The van der Waals surface area contributed by atoms with Gasteiger partial charge in [0.15, 0.2) is 0 Å². The van der Waals surface area contributed by atoms with Crippen LogP contribution < -0.4 is 0 Å². The second-order valence-corrected chi connectivity index (χ2v) is 3.60. The molecule has 0 aromatic heterocycles. The van der Waals surface area contributed by atoms with Gasteiger partial charge in [0.2, 0.25) is 0 Å². The fourth-order valence-electron chi connectivity index (χ4n) is 0.393. The van der Waals surface area contributed by atoms with Crippen LogP contribution in [-0.2, 0) is 4.79 Å². The highest BCUT2D eigenvalue weighted by Crippen LogP contribution is 2.16. The van der Waals surface area contributed by atoms with Gasteiger partial charge < -0.3 is 5.11 Å². The predicted octanol–water partition coefficient (Wildman–Crippen LogP) is 1.16. The lowest BCUT2D eigenvalue weighted by molar-refractivity contribution is -0.136. The first-order chi connectivity index (χ1) is 3.68. The molecule has 0 amide bonds. The Bertz CT molecular complexity index is 82.5. The summed E-state index contributed by atoms with van der Waals surface area (Å²) in [6.07, 6.45) is 0.980. The van der Waals surface area contributed by atoms with E-state index in [1.165, 1.54) is 0 Å². The van der Waals surface area contributed by atoms with Gasteiger partial charge >= 0.3 is 5.97 Å². The highest BCUT2D eigenvalue weighted by atomic mass is 31.1. The molecule has 0 rings (SSSR count). The third kappa shape index (κ3) is 2.98. The van der Waals surface area contributed by atoms with Gasteiger partial charge in [-0.15, -0.1) is 8.58 Å². The molecule has 0 fully saturated rings. The van der Waals surface area contributed by atoms with Crippen molar-refractivity contribution in [3.05, 3.63) is 0 Å². The van der Waals surface area contributed by atoms with Crippen LogP contribution in [0.3, 0.4) is 0 Å². The Balaban J connectivity index is 3.32. The molecule has 8 heavy (non-hydrogen) atoms. The summed E-state index contributed by atoms with van der Waals surface area (Å²) in [6.45, 7) is 3.74. The molecule has 0 aromatic rings. The maximum atomic E-state index is 10.1. The average molecular weight is 134 g/mol. The highest BCUT2D eigenvalue weighted by Gasteiger charge is 2.07. The molecule has 3 heteroatoms. The van der Waals surface area contributed by atoms with Gasteiger partial charge in [-0.3, -0.25) is 4.79 Å². The van der Waals surface area contributed by atoms with Crippen LogP contribution in [0, 0.1) is 0 Å². The van der Waals surface area contributed by atoms with Crippen molar-refractivity contribution in [1.82, 2.24) is 0 Å². The first-order valence-electron chi connectivity index (χ1n) is 2.64. The Morgan fingerprint density at radius 2 is 2.38 bits per heavy atom. The van der Waals surface area contributed by atoms with Crippen LogP contribution in [-0.4, -0.2) is 22.9 Å². The second kappa shape index (κ2) is 3.85. The zero-order chi connectivity index (χ0) is 6.57. The smallest absolute Gasteiger partial charge is 0.310 e. The van der Waals surface area contributed by atoms with E-state index in [0.717, 1.165) is 6.16 Å². The molecular formula is C5H11O2P. The highest BCUT2D eigenvalue weighted by molar-refractivity contribution is 7.40. The number of hydrogen-bond donors (Lipinski definition) is 1. The fraction of sp³-hybridized carbons (Fsp3) is 0.800.